The summed E-state index contributed by atoms with van der Waals surface area (Å²) in [5.41, 5.74) is 8.45. The lowest BCUT2D eigenvalue weighted by Crippen LogP contribution is -2.11. The molecule has 2 N–H and O–H groups in total. The smallest absolute Gasteiger partial charge is 0.184 e. The van der Waals surface area contributed by atoms with E-state index in [1.165, 1.54) is 0 Å². The third-order valence-corrected chi connectivity index (χ3v) is 16.8. The van der Waals surface area contributed by atoms with Crippen LogP contribution < -0.4 is 0 Å². The monoisotopic (exact) mass is 1180 g/mol. The molecule has 8 bridgehead atoms. The minimum atomic E-state index is -0.243. The predicted molar refractivity (Wildman–Crippen MR) is 334 cm³/mol. The molecule has 0 amide bonds. The van der Waals surface area contributed by atoms with Gasteiger partial charge in [0.25, 0.3) is 0 Å². The Balaban J connectivity index is 1.21. The predicted octanol–water partition coefficient (Wildman–Crippen LogP) is 13.8. The van der Waals surface area contributed by atoms with Crippen molar-refractivity contribution in [3.63, 3.8) is 0 Å². The number of hydrogen-bond acceptors (Lipinski definition) is 22. The van der Waals surface area contributed by atoms with Gasteiger partial charge in [-0.15, -0.1) is 0 Å². The number of aromatic amines is 2. The third kappa shape index (κ3) is 11.0. The number of rotatable bonds is 8. The average Bonchev–Trinajstić information content (AvgIpc) is 3.01. The first-order valence-electron chi connectivity index (χ1n) is 27.0. The molecular weight excluding hydrogens is 1130 g/mol. The summed E-state index contributed by atoms with van der Waals surface area (Å²) < 4.78 is -0.973. The average molecular weight is 1180 g/mol. The van der Waals surface area contributed by atoms with E-state index in [0.29, 0.717) is 113 Å². The zero-order valence-corrected chi connectivity index (χ0v) is 51.2. The second kappa shape index (κ2) is 20.8. The molecule has 0 unspecified atom stereocenters. The molecule has 24 heteroatoms. The van der Waals surface area contributed by atoms with Gasteiger partial charge < -0.3 is 9.97 Å². The normalized spacial score (nSPS) is 12.7. The molecule has 0 fully saturated rings. The molecule has 13 rings (SSSR count). The highest BCUT2D eigenvalue weighted by Gasteiger charge is 2.33. The van der Waals surface area contributed by atoms with Crippen molar-refractivity contribution < 1.29 is 0 Å². The molecule has 2 aliphatic rings. The van der Waals surface area contributed by atoms with Crippen LogP contribution >= 0.6 is 47.0 Å². The maximum atomic E-state index is 5.43. The lowest BCUT2D eigenvalue weighted by atomic mass is 10.1. The summed E-state index contributed by atoms with van der Waals surface area (Å²) in [4.78, 5) is 101. The van der Waals surface area contributed by atoms with Gasteiger partial charge >= 0.3 is 0 Å². The Morgan fingerprint density at radius 3 is 0.679 bits per heavy atom. The zero-order chi connectivity index (χ0) is 58.5. The Kier molecular flexibility index (Phi) is 13.6. The summed E-state index contributed by atoms with van der Waals surface area (Å²) >= 11 is 6.48. The van der Waals surface area contributed by atoms with E-state index in [2.05, 4.69) is 93.1 Å². The molecule has 20 nitrogen and oxygen atoms in total. The Morgan fingerprint density at radius 2 is 0.488 bits per heavy atom. The molecule has 0 aromatic carbocycles. The molecule has 2 aliphatic heterocycles. The van der Waals surface area contributed by atoms with E-state index in [-0.39, 0.29) is 42.3 Å². The van der Waals surface area contributed by atoms with Crippen LogP contribution in [0.15, 0.2) is 118 Å². The maximum Gasteiger partial charge on any atom is 0.184 e. The van der Waals surface area contributed by atoms with E-state index in [1.54, 1.807) is 71.8 Å². The van der Waals surface area contributed by atoms with Crippen molar-refractivity contribution in [3.05, 3.63) is 97.6 Å². The van der Waals surface area contributed by atoms with E-state index in [1.807, 2.05) is 72.8 Å². The van der Waals surface area contributed by atoms with Gasteiger partial charge in [0, 0.05) is 43.8 Å². The lowest BCUT2D eigenvalue weighted by Gasteiger charge is -2.22. The van der Waals surface area contributed by atoms with E-state index in [0.717, 1.165) is 20.1 Å². The van der Waals surface area contributed by atoms with Crippen LogP contribution in [-0.4, -0.2) is 119 Å². The van der Waals surface area contributed by atoms with Gasteiger partial charge in [0.1, 0.15) is 87.7 Å². The summed E-state index contributed by atoms with van der Waals surface area (Å²) in [5.74, 6) is 0.758. The van der Waals surface area contributed by atoms with Crippen molar-refractivity contribution in [2.75, 3.05) is 0 Å². The fourth-order valence-corrected chi connectivity index (χ4v) is 12.9. The number of pyridine rings is 4. The fraction of sp³-hybridized carbons (Fsp3) is 0.267. The Hall–Kier alpha value is -8.32. The Bertz CT molecular complexity index is 4020. The zero-order valence-electron chi connectivity index (χ0n) is 47.9. The molecule has 11 aromatic rings. The molecule has 0 saturated heterocycles. The number of aromatic nitrogens is 20. The summed E-state index contributed by atoms with van der Waals surface area (Å²) in [6.45, 7) is 25.8. The van der Waals surface area contributed by atoms with E-state index >= 15 is 0 Å². The van der Waals surface area contributed by atoms with Crippen LogP contribution in [-0.2, 0) is 0 Å². The summed E-state index contributed by atoms with van der Waals surface area (Å²) in [6, 6.07) is 22.6. The Labute approximate surface area is 499 Å². The molecule has 418 valence electrons. The van der Waals surface area contributed by atoms with Gasteiger partial charge in [-0.05, 0) is 48.5 Å². The lowest BCUT2D eigenvalue weighted by molar-refractivity contribution is 0.782. The number of hydrogen-bond donors (Lipinski definition) is 2. The van der Waals surface area contributed by atoms with Crippen molar-refractivity contribution >= 4 is 91.7 Å². The number of H-pyrrole nitrogens is 2. The highest BCUT2D eigenvalue weighted by molar-refractivity contribution is 8.04. The van der Waals surface area contributed by atoms with Gasteiger partial charge in [0.05, 0.1) is 22.8 Å². The first-order chi connectivity index (χ1) is 40.0. The van der Waals surface area contributed by atoms with E-state index in [9.17, 15) is 0 Å². The van der Waals surface area contributed by atoms with Gasteiger partial charge in [-0.2, -0.15) is 0 Å². The van der Waals surface area contributed by atoms with Crippen LogP contribution in [0.1, 0.15) is 83.1 Å². The standard InChI is InChI=1S/C60H54N20S4/c1-57(2,3)81-53-54(82-58(4,5)6)70-42-41(69-53)49-75-45-37-38(66-34(30-22-14-18-26-62-30)33(65-37)29-21-13-17-25-61-29)47(73-45)77-51-43-44(72-56(84-60(10,11)12)55(71-43)83-59(7,8)9)52(80-51)78-48-40-39(46(74-48)76-50(42)79-49)67-35(31-23-15-19-27-63-31)36(68-40)32-24-16-20-28-64-32/h13-28H,1-12H3,(H2,73,74,75,76,77,78,79,80). The number of nitrogens with one attached hydrogen (secondary N) is 2. The van der Waals surface area contributed by atoms with Crippen LogP contribution in [0.2, 0.25) is 0 Å². The van der Waals surface area contributed by atoms with Gasteiger partial charge in [-0.3, -0.25) is 19.9 Å². The maximum absolute atomic E-state index is 5.43. The van der Waals surface area contributed by atoms with Gasteiger partial charge in [-0.1, -0.05) is 154 Å². The first kappa shape index (κ1) is 54.9. The highest BCUT2D eigenvalue weighted by atomic mass is 32.2. The number of thioether (sulfide) groups is 4. The van der Waals surface area contributed by atoms with Crippen molar-refractivity contribution in [2.45, 2.75) is 122 Å². The van der Waals surface area contributed by atoms with Gasteiger partial charge in [-0.25, -0.2) is 69.8 Å². The fourth-order valence-electron chi connectivity index (χ4n) is 9.05. The second-order valence-corrected chi connectivity index (χ2v) is 30.9. The number of nitrogens with zero attached hydrogens (tertiary/aromatic N) is 18. The van der Waals surface area contributed by atoms with Crippen LogP contribution in [0, 0.1) is 0 Å². The molecule has 0 atom stereocenters. The Morgan fingerprint density at radius 1 is 0.262 bits per heavy atom. The SMILES string of the molecule is CC(C)(C)Sc1nc2c3nc4nc(nc5[nH]c(nc6nc(nc([nH]3)c2nc1SC(C)(C)C)-c1nc(-c2ccccn2)c(-c2ccccn2)nc1-6)c1nc(SC(C)(C)C)c(SC(C)(C)C)nc51)-c1nc(-c2ccccn2)c(-c2ccccn2)nc1-4. The van der Waals surface area contributed by atoms with Gasteiger partial charge in [0.2, 0.25) is 0 Å². The summed E-state index contributed by atoms with van der Waals surface area (Å²) in [5, 5.41) is 2.91. The van der Waals surface area contributed by atoms with Crippen LogP contribution in [0.25, 0.3) is 136 Å². The van der Waals surface area contributed by atoms with E-state index < -0.39 is 0 Å². The van der Waals surface area contributed by atoms with Crippen LogP contribution in [0.3, 0.4) is 0 Å². The molecule has 0 spiro atoms. The molecule has 0 saturated carbocycles. The van der Waals surface area contributed by atoms with Crippen molar-refractivity contribution in [2.24, 2.45) is 0 Å². The highest BCUT2D eigenvalue weighted by Crippen LogP contribution is 2.46. The topological polar surface area (TPSA) is 264 Å². The largest absolute Gasteiger partial charge is 0.321 e. The summed E-state index contributed by atoms with van der Waals surface area (Å²) in [7, 11) is 0. The molecule has 0 aliphatic carbocycles. The molecular formula is C60H54N20S4. The molecule has 13 heterocycles. The second-order valence-electron chi connectivity index (χ2n) is 23.6. The molecule has 0 radical (unpaired) electrons. The van der Waals surface area contributed by atoms with Crippen molar-refractivity contribution in [1.82, 2.24) is 99.7 Å². The molecule has 84 heavy (non-hydrogen) atoms. The first-order valence-corrected chi connectivity index (χ1v) is 30.2. The number of fused-ring (bicyclic) bond motifs is 20. The van der Waals surface area contributed by atoms with Crippen LogP contribution in [0.5, 0.6) is 0 Å². The van der Waals surface area contributed by atoms with Crippen molar-refractivity contribution in [3.8, 4) is 91.6 Å². The minimum absolute atomic E-state index is 0.189. The minimum Gasteiger partial charge on any atom is -0.321 e. The van der Waals surface area contributed by atoms with Gasteiger partial charge in [0.15, 0.2) is 45.9 Å². The van der Waals surface area contributed by atoms with Crippen molar-refractivity contribution in [1.29, 1.82) is 0 Å². The molecule has 11 aromatic heterocycles. The van der Waals surface area contributed by atoms with Crippen LogP contribution in [0.4, 0.5) is 0 Å². The quantitative estimate of drug-likeness (QED) is 0.134. The third-order valence-electron chi connectivity index (χ3n) is 12.2. The summed E-state index contributed by atoms with van der Waals surface area (Å²) in [6.07, 6.45) is 6.87. The van der Waals surface area contributed by atoms with E-state index in [4.69, 9.17) is 89.7 Å².